The van der Waals surface area contributed by atoms with E-state index in [2.05, 4.69) is 34.9 Å². The Balaban J connectivity index is 1.50. The predicted molar refractivity (Wildman–Crippen MR) is 90.8 cm³/mol. The third kappa shape index (κ3) is 3.81. The van der Waals surface area contributed by atoms with E-state index in [4.69, 9.17) is 4.98 Å². The number of benzene rings is 1. The average molecular weight is 312 g/mol. The summed E-state index contributed by atoms with van der Waals surface area (Å²) in [6.45, 7) is 4.07. The molecule has 0 radical (unpaired) electrons. The molecule has 1 N–H and O–H groups in total. The molecular formula is C17H20N4S. The third-order valence-corrected chi connectivity index (χ3v) is 4.56. The quantitative estimate of drug-likeness (QED) is 0.676. The normalized spacial score (nSPS) is 12.4. The van der Waals surface area contributed by atoms with E-state index < -0.39 is 0 Å². The van der Waals surface area contributed by atoms with E-state index in [0.29, 0.717) is 0 Å². The van der Waals surface area contributed by atoms with Gasteiger partial charge in [-0.25, -0.2) is 4.98 Å². The zero-order valence-electron chi connectivity index (χ0n) is 12.6. The van der Waals surface area contributed by atoms with Gasteiger partial charge in [0, 0.05) is 29.9 Å². The lowest BCUT2D eigenvalue weighted by Crippen LogP contribution is -2.21. The molecule has 1 aromatic carbocycles. The van der Waals surface area contributed by atoms with Crippen LogP contribution in [-0.4, -0.2) is 21.3 Å². The van der Waals surface area contributed by atoms with Crippen LogP contribution in [0, 0.1) is 0 Å². The van der Waals surface area contributed by atoms with Crippen molar-refractivity contribution in [1.29, 1.82) is 0 Å². The first-order valence-electron chi connectivity index (χ1n) is 7.54. The lowest BCUT2D eigenvalue weighted by Gasteiger charge is -2.11. The van der Waals surface area contributed by atoms with Gasteiger partial charge in [0.25, 0.3) is 0 Å². The van der Waals surface area contributed by atoms with Crippen LogP contribution < -0.4 is 5.32 Å². The summed E-state index contributed by atoms with van der Waals surface area (Å²) in [5, 5.41) is 11.0. The van der Waals surface area contributed by atoms with Crippen LogP contribution >= 0.6 is 11.3 Å². The summed E-state index contributed by atoms with van der Waals surface area (Å²) in [6.07, 6.45) is 4.87. The summed E-state index contributed by atoms with van der Waals surface area (Å²) >= 11 is 1.72. The Morgan fingerprint density at radius 1 is 1.23 bits per heavy atom. The Morgan fingerprint density at radius 2 is 2.09 bits per heavy atom. The van der Waals surface area contributed by atoms with Crippen molar-refractivity contribution >= 4 is 11.3 Å². The number of aromatic nitrogens is 3. The smallest absolute Gasteiger partial charge is 0.110 e. The van der Waals surface area contributed by atoms with Crippen LogP contribution in [0.15, 0.2) is 54.2 Å². The van der Waals surface area contributed by atoms with Crippen LogP contribution in [0.2, 0.25) is 0 Å². The van der Waals surface area contributed by atoms with Gasteiger partial charge >= 0.3 is 0 Å². The fourth-order valence-electron chi connectivity index (χ4n) is 2.31. The summed E-state index contributed by atoms with van der Waals surface area (Å²) in [5.74, 6) is 0. The molecule has 3 aromatic rings. The number of nitrogens with zero attached hydrogens (tertiary/aromatic N) is 3. The van der Waals surface area contributed by atoms with Crippen molar-refractivity contribution in [3.05, 3.63) is 59.2 Å². The second kappa shape index (κ2) is 7.33. The van der Waals surface area contributed by atoms with Crippen LogP contribution in [0.5, 0.6) is 0 Å². The molecule has 5 heteroatoms. The van der Waals surface area contributed by atoms with Gasteiger partial charge in [-0.3, -0.25) is 4.68 Å². The molecule has 3 rings (SSSR count). The number of nitrogens with one attached hydrogen (secondary N) is 1. The molecule has 0 fully saturated rings. The highest BCUT2D eigenvalue weighted by Crippen LogP contribution is 2.25. The van der Waals surface area contributed by atoms with Gasteiger partial charge in [0.15, 0.2) is 0 Å². The molecule has 1 atom stereocenters. The Labute approximate surface area is 134 Å². The average Bonchev–Trinajstić information content (AvgIpc) is 3.24. The number of hydrogen-bond acceptors (Lipinski definition) is 4. The standard InChI is InChI=1S/C17H20N4S/c1-14(18-9-5-11-21-12-6-10-19-21)17-20-16(13-22-17)15-7-3-2-4-8-15/h2-4,6-8,10,12-14,18H,5,9,11H2,1H3/t14-/m0/s1. The molecule has 0 saturated heterocycles. The minimum Gasteiger partial charge on any atom is -0.308 e. The molecule has 22 heavy (non-hydrogen) atoms. The number of rotatable bonds is 7. The van der Waals surface area contributed by atoms with E-state index in [1.165, 1.54) is 5.56 Å². The lowest BCUT2D eigenvalue weighted by molar-refractivity contribution is 0.506. The fourth-order valence-corrected chi connectivity index (χ4v) is 3.17. The van der Waals surface area contributed by atoms with Crippen molar-refractivity contribution in [3.8, 4) is 11.3 Å². The van der Waals surface area contributed by atoms with E-state index >= 15 is 0 Å². The maximum absolute atomic E-state index is 4.75. The summed E-state index contributed by atoms with van der Waals surface area (Å²) in [4.78, 5) is 4.75. The van der Waals surface area contributed by atoms with Gasteiger partial charge in [-0.2, -0.15) is 5.10 Å². The maximum Gasteiger partial charge on any atom is 0.110 e. The molecule has 0 saturated carbocycles. The zero-order valence-corrected chi connectivity index (χ0v) is 13.5. The van der Waals surface area contributed by atoms with Crippen molar-refractivity contribution in [3.63, 3.8) is 0 Å². The van der Waals surface area contributed by atoms with Crippen molar-refractivity contribution in [2.24, 2.45) is 0 Å². The van der Waals surface area contributed by atoms with Gasteiger partial charge in [-0.1, -0.05) is 30.3 Å². The largest absolute Gasteiger partial charge is 0.308 e. The molecule has 0 unspecified atom stereocenters. The summed E-state index contributed by atoms with van der Waals surface area (Å²) in [5.41, 5.74) is 2.24. The Morgan fingerprint density at radius 3 is 2.86 bits per heavy atom. The van der Waals surface area contributed by atoms with Gasteiger partial charge in [-0.15, -0.1) is 11.3 Å². The van der Waals surface area contributed by atoms with E-state index in [0.717, 1.165) is 30.2 Å². The van der Waals surface area contributed by atoms with Crippen LogP contribution in [-0.2, 0) is 6.54 Å². The molecule has 0 aliphatic rings. The van der Waals surface area contributed by atoms with E-state index in [9.17, 15) is 0 Å². The van der Waals surface area contributed by atoms with Gasteiger partial charge in [0.2, 0.25) is 0 Å². The molecule has 2 heterocycles. The second-order valence-corrected chi connectivity index (χ2v) is 6.13. The summed E-state index contributed by atoms with van der Waals surface area (Å²) in [6, 6.07) is 12.6. The molecule has 4 nitrogen and oxygen atoms in total. The number of hydrogen-bond donors (Lipinski definition) is 1. The first-order chi connectivity index (χ1) is 10.8. The highest BCUT2D eigenvalue weighted by Gasteiger charge is 2.10. The zero-order chi connectivity index (χ0) is 15.2. The lowest BCUT2D eigenvalue weighted by atomic mass is 10.2. The predicted octanol–water partition coefficient (Wildman–Crippen LogP) is 3.75. The topological polar surface area (TPSA) is 42.7 Å². The molecule has 0 aliphatic carbocycles. The van der Waals surface area contributed by atoms with Gasteiger partial charge in [0.05, 0.1) is 11.7 Å². The van der Waals surface area contributed by atoms with E-state index in [1.54, 1.807) is 11.3 Å². The van der Waals surface area contributed by atoms with E-state index in [-0.39, 0.29) is 6.04 Å². The molecular weight excluding hydrogens is 292 g/mol. The molecule has 0 spiro atoms. The minimum absolute atomic E-state index is 0.278. The number of aryl methyl sites for hydroxylation is 1. The molecule has 114 valence electrons. The minimum atomic E-state index is 0.278. The maximum atomic E-state index is 4.75. The first-order valence-corrected chi connectivity index (χ1v) is 8.42. The fraction of sp³-hybridized carbons (Fsp3) is 0.294. The molecule has 0 bridgehead atoms. The van der Waals surface area contributed by atoms with Crippen molar-refractivity contribution < 1.29 is 0 Å². The van der Waals surface area contributed by atoms with Crippen LogP contribution in [0.3, 0.4) is 0 Å². The Hall–Kier alpha value is -1.98. The Kier molecular flexibility index (Phi) is 4.98. The summed E-state index contributed by atoms with van der Waals surface area (Å²) in [7, 11) is 0. The third-order valence-electron chi connectivity index (χ3n) is 3.54. The SMILES string of the molecule is C[C@H](NCCCn1cccn1)c1nc(-c2ccccc2)cs1. The van der Waals surface area contributed by atoms with Gasteiger partial charge in [-0.05, 0) is 26.0 Å². The Bertz CT molecular complexity index is 676. The second-order valence-electron chi connectivity index (χ2n) is 5.24. The highest BCUT2D eigenvalue weighted by molar-refractivity contribution is 7.10. The summed E-state index contributed by atoms with van der Waals surface area (Å²) < 4.78 is 1.96. The van der Waals surface area contributed by atoms with Crippen LogP contribution in [0.4, 0.5) is 0 Å². The van der Waals surface area contributed by atoms with Crippen LogP contribution in [0.25, 0.3) is 11.3 Å². The monoisotopic (exact) mass is 312 g/mol. The number of thiazole rings is 1. The molecule has 0 amide bonds. The van der Waals surface area contributed by atoms with Gasteiger partial charge < -0.3 is 5.32 Å². The molecule has 2 aromatic heterocycles. The van der Waals surface area contributed by atoms with Gasteiger partial charge in [0.1, 0.15) is 5.01 Å². The van der Waals surface area contributed by atoms with Crippen molar-refractivity contribution in [2.75, 3.05) is 6.54 Å². The first kappa shape index (κ1) is 14.9. The highest BCUT2D eigenvalue weighted by atomic mass is 32.1. The van der Waals surface area contributed by atoms with Crippen molar-refractivity contribution in [1.82, 2.24) is 20.1 Å². The molecule has 0 aliphatic heterocycles. The van der Waals surface area contributed by atoms with Crippen LogP contribution in [0.1, 0.15) is 24.4 Å². The van der Waals surface area contributed by atoms with E-state index in [1.807, 2.05) is 41.3 Å². The van der Waals surface area contributed by atoms with Crippen molar-refractivity contribution in [2.45, 2.75) is 25.9 Å².